The van der Waals surface area contributed by atoms with Gasteiger partial charge in [-0.15, -0.1) is 0 Å². The highest BCUT2D eigenvalue weighted by atomic mass is 19.1. The van der Waals surface area contributed by atoms with Crippen molar-refractivity contribution in [3.8, 4) is 5.75 Å². The van der Waals surface area contributed by atoms with Gasteiger partial charge in [-0.1, -0.05) is 6.08 Å². The number of benzene rings is 1. The van der Waals surface area contributed by atoms with Crippen LogP contribution < -0.4 is 10.1 Å². The van der Waals surface area contributed by atoms with Crippen molar-refractivity contribution in [2.24, 2.45) is 5.92 Å². The minimum absolute atomic E-state index is 0.175. The summed E-state index contributed by atoms with van der Waals surface area (Å²) in [5.74, 6) is 1.39. The molecule has 2 unspecified atom stereocenters. The molecule has 2 aliphatic heterocycles. The van der Waals surface area contributed by atoms with Crippen molar-refractivity contribution in [3.05, 3.63) is 35.7 Å². The van der Waals surface area contributed by atoms with Gasteiger partial charge in [0.1, 0.15) is 11.6 Å². The Kier molecular flexibility index (Phi) is 3.03. The Hall–Kier alpha value is -1.35. The first-order valence-corrected chi connectivity index (χ1v) is 7.67. The molecule has 2 nitrogen and oxygen atoms in total. The van der Waals surface area contributed by atoms with Gasteiger partial charge in [0.25, 0.3) is 0 Å². The van der Waals surface area contributed by atoms with E-state index in [0.717, 1.165) is 24.3 Å². The van der Waals surface area contributed by atoms with E-state index in [9.17, 15) is 4.39 Å². The van der Waals surface area contributed by atoms with Crippen molar-refractivity contribution in [3.63, 3.8) is 0 Å². The molecule has 0 spiro atoms. The SMILES string of the molecule is Fc1ccc(OCC2CC2)c(C2=CC3CCC(C2)N3)c1. The Balaban J connectivity index is 1.62. The molecule has 106 valence electrons. The molecule has 2 atom stereocenters. The molecule has 0 amide bonds. The molecule has 1 saturated heterocycles. The van der Waals surface area contributed by atoms with Gasteiger partial charge in [-0.3, -0.25) is 0 Å². The highest BCUT2D eigenvalue weighted by molar-refractivity contribution is 5.72. The summed E-state index contributed by atoms with van der Waals surface area (Å²) in [4.78, 5) is 0. The number of fused-ring (bicyclic) bond motifs is 2. The lowest BCUT2D eigenvalue weighted by molar-refractivity contribution is 0.298. The molecule has 0 aromatic heterocycles. The van der Waals surface area contributed by atoms with Crippen LogP contribution in [-0.4, -0.2) is 18.7 Å². The van der Waals surface area contributed by atoms with E-state index in [1.54, 1.807) is 12.1 Å². The predicted octanol–water partition coefficient (Wildman–Crippen LogP) is 3.52. The standard InChI is InChI=1S/C17H20FNO/c18-13-3-6-17(20-10-11-1-2-11)16(9-13)12-7-14-4-5-15(8-12)19-14/h3,6-7,9,11,14-15,19H,1-2,4-5,8,10H2. The van der Waals surface area contributed by atoms with E-state index >= 15 is 0 Å². The molecule has 2 bridgehead atoms. The molecule has 0 radical (unpaired) electrons. The molecular formula is C17H20FNO. The van der Waals surface area contributed by atoms with Crippen LogP contribution in [0.2, 0.25) is 0 Å². The molecule has 3 aliphatic rings. The predicted molar refractivity (Wildman–Crippen MR) is 77.2 cm³/mol. The maximum absolute atomic E-state index is 13.6. The summed E-state index contributed by atoms with van der Waals surface area (Å²) < 4.78 is 19.6. The normalized spacial score (nSPS) is 28.4. The van der Waals surface area contributed by atoms with E-state index < -0.39 is 0 Å². The zero-order valence-corrected chi connectivity index (χ0v) is 11.6. The number of hydrogen-bond acceptors (Lipinski definition) is 2. The zero-order valence-electron chi connectivity index (χ0n) is 11.6. The molecule has 1 aliphatic carbocycles. The Morgan fingerprint density at radius 2 is 2.10 bits per heavy atom. The van der Waals surface area contributed by atoms with Crippen molar-refractivity contribution in [2.75, 3.05) is 6.61 Å². The van der Waals surface area contributed by atoms with Crippen LogP contribution in [-0.2, 0) is 0 Å². The van der Waals surface area contributed by atoms with Crippen LogP contribution in [0.25, 0.3) is 5.57 Å². The monoisotopic (exact) mass is 273 g/mol. The lowest BCUT2D eigenvalue weighted by Crippen LogP contribution is -2.32. The van der Waals surface area contributed by atoms with Gasteiger partial charge in [0.15, 0.2) is 0 Å². The van der Waals surface area contributed by atoms with Crippen LogP contribution in [0.15, 0.2) is 24.3 Å². The first-order valence-electron chi connectivity index (χ1n) is 7.67. The summed E-state index contributed by atoms with van der Waals surface area (Å²) in [6, 6.07) is 5.95. The number of hydrogen-bond donors (Lipinski definition) is 1. The summed E-state index contributed by atoms with van der Waals surface area (Å²) >= 11 is 0. The van der Waals surface area contributed by atoms with Gasteiger partial charge in [-0.05, 0) is 61.8 Å². The third kappa shape index (κ3) is 2.47. The summed E-state index contributed by atoms with van der Waals surface area (Å²) in [7, 11) is 0. The Bertz CT molecular complexity index is 550. The number of nitrogens with one attached hydrogen (secondary N) is 1. The van der Waals surface area contributed by atoms with Gasteiger partial charge in [-0.25, -0.2) is 4.39 Å². The Morgan fingerprint density at radius 3 is 2.90 bits per heavy atom. The minimum atomic E-state index is -0.175. The molecule has 20 heavy (non-hydrogen) atoms. The number of rotatable bonds is 4. The first kappa shape index (κ1) is 12.4. The molecule has 3 heteroatoms. The highest BCUT2D eigenvalue weighted by Crippen LogP contribution is 2.37. The highest BCUT2D eigenvalue weighted by Gasteiger charge is 2.29. The van der Waals surface area contributed by atoms with Gasteiger partial charge >= 0.3 is 0 Å². The fraction of sp³-hybridized carbons (Fsp3) is 0.529. The van der Waals surface area contributed by atoms with Gasteiger partial charge < -0.3 is 10.1 Å². The van der Waals surface area contributed by atoms with Gasteiger partial charge in [-0.2, -0.15) is 0 Å². The van der Waals surface area contributed by atoms with Crippen LogP contribution in [0.4, 0.5) is 4.39 Å². The summed E-state index contributed by atoms with van der Waals surface area (Å²) in [6.45, 7) is 0.775. The van der Waals surface area contributed by atoms with Gasteiger partial charge in [0, 0.05) is 17.6 Å². The van der Waals surface area contributed by atoms with Crippen molar-refractivity contribution in [1.82, 2.24) is 5.32 Å². The molecule has 2 fully saturated rings. The first-order chi connectivity index (χ1) is 9.78. The molecule has 1 aromatic carbocycles. The quantitative estimate of drug-likeness (QED) is 0.906. The summed E-state index contributed by atoms with van der Waals surface area (Å²) in [5, 5.41) is 3.57. The van der Waals surface area contributed by atoms with Crippen LogP contribution in [0, 0.1) is 11.7 Å². The van der Waals surface area contributed by atoms with Gasteiger partial charge in [0.2, 0.25) is 0 Å². The van der Waals surface area contributed by atoms with Crippen molar-refractivity contribution in [1.29, 1.82) is 0 Å². The molecule has 1 saturated carbocycles. The third-order valence-electron chi connectivity index (χ3n) is 4.60. The Labute approximate surface area is 119 Å². The fourth-order valence-corrected chi connectivity index (χ4v) is 3.29. The van der Waals surface area contributed by atoms with Crippen molar-refractivity contribution >= 4 is 5.57 Å². The van der Waals surface area contributed by atoms with Crippen LogP contribution in [0.3, 0.4) is 0 Å². The van der Waals surface area contributed by atoms with E-state index in [2.05, 4.69) is 11.4 Å². The van der Waals surface area contributed by atoms with E-state index in [1.165, 1.54) is 37.3 Å². The zero-order chi connectivity index (χ0) is 13.5. The van der Waals surface area contributed by atoms with Crippen molar-refractivity contribution < 1.29 is 9.13 Å². The van der Waals surface area contributed by atoms with E-state index in [0.29, 0.717) is 18.0 Å². The average molecular weight is 273 g/mol. The topological polar surface area (TPSA) is 21.3 Å². The average Bonchev–Trinajstić information content (AvgIpc) is 3.22. The van der Waals surface area contributed by atoms with Crippen LogP contribution in [0.5, 0.6) is 5.75 Å². The summed E-state index contributed by atoms with van der Waals surface area (Å²) in [5.41, 5.74) is 2.21. The number of halogens is 1. The molecular weight excluding hydrogens is 253 g/mol. The molecule has 2 heterocycles. The van der Waals surface area contributed by atoms with Gasteiger partial charge in [0.05, 0.1) is 6.61 Å². The lowest BCUT2D eigenvalue weighted by Gasteiger charge is -2.23. The number of ether oxygens (including phenoxy) is 1. The van der Waals surface area contributed by atoms with Crippen molar-refractivity contribution in [2.45, 2.75) is 44.2 Å². The molecule has 4 rings (SSSR count). The van der Waals surface area contributed by atoms with E-state index in [4.69, 9.17) is 4.74 Å². The molecule has 1 N–H and O–H groups in total. The second kappa shape index (κ2) is 4.88. The second-order valence-electron chi connectivity index (χ2n) is 6.34. The molecule has 1 aromatic rings. The van der Waals surface area contributed by atoms with Crippen LogP contribution >= 0.6 is 0 Å². The largest absolute Gasteiger partial charge is 0.493 e. The van der Waals surface area contributed by atoms with Crippen LogP contribution in [0.1, 0.15) is 37.7 Å². The lowest BCUT2D eigenvalue weighted by atomic mass is 9.95. The van der Waals surface area contributed by atoms with E-state index in [-0.39, 0.29) is 5.82 Å². The minimum Gasteiger partial charge on any atom is -0.493 e. The third-order valence-corrected chi connectivity index (χ3v) is 4.60. The Morgan fingerprint density at radius 1 is 1.20 bits per heavy atom. The summed E-state index contributed by atoms with van der Waals surface area (Å²) in [6.07, 6.45) is 8.21. The second-order valence-corrected chi connectivity index (χ2v) is 6.34. The maximum Gasteiger partial charge on any atom is 0.126 e. The smallest absolute Gasteiger partial charge is 0.126 e. The van der Waals surface area contributed by atoms with E-state index in [1.807, 2.05) is 0 Å². The fourth-order valence-electron chi connectivity index (χ4n) is 3.29. The maximum atomic E-state index is 13.6.